The van der Waals surface area contributed by atoms with Crippen molar-refractivity contribution >= 4 is 5.91 Å². The van der Waals surface area contributed by atoms with Crippen LogP contribution in [0.5, 0.6) is 0 Å². The molecule has 0 aliphatic carbocycles. The summed E-state index contributed by atoms with van der Waals surface area (Å²) in [5.41, 5.74) is 1.68. The number of carbonyl (C=O) groups excluding carboxylic acids is 1. The van der Waals surface area contributed by atoms with Crippen molar-refractivity contribution in [3.05, 3.63) is 29.6 Å². The fourth-order valence-corrected chi connectivity index (χ4v) is 3.47. The number of carbonyl (C=O) groups is 1. The maximum absolute atomic E-state index is 12.8. The van der Waals surface area contributed by atoms with Crippen molar-refractivity contribution < 1.29 is 14.3 Å². The Balaban J connectivity index is 1.71. The normalized spacial score (nSPS) is 25.2. The molecule has 0 unspecified atom stereocenters. The molecule has 2 aliphatic rings. The Morgan fingerprint density at radius 1 is 1.48 bits per heavy atom. The summed E-state index contributed by atoms with van der Waals surface area (Å²) < 4.78 is 11.1. The number of aryl methyl sites for hydroxylation is 1. The van der Waals surface area contributed by atoms with Crippen LogP contribution in [-0.2, 0) is 9.47 Å². The minimum Gasteiger partial charge on any atom is -0.383 e. The molecule has 0 N–H and O–H groups in total. The summed E-state index contributed by atoms with van der Waals surface area (Å²) in [6.07, 6.45) is 4.50. The Morgan fingerprint density at radius 2 is 2.35 bits per heavy atom. The van der Waals surface area contributed by atoms with E-state index in [0.717, 1.165) is 38.2 Å². The summed E-state index contributed by atoms with van der Waals surface area (Å²) in [4.78, 5) is 21.3. The highest BCUT2D eigenvalue weighted by molar-refractivity contribution is 5.95. The number of pyridine rings is 1. The third-order valence-corrected chi connectivity index (χ3v) is 4.84. The number of likely N-dealkylation sites (tertiary alicyclic amines) is 1. The molecular formula is C17H25N3O3. The molecule has 0 saturated carbocycles. The molecule has 0 radical (unpaired) electrons. The maximum atomic E-state index is 12.8. The van der Waals surface area contributed by atoms with E-state index in [2.05, 4.69) is 9.88 Å². The molecule has 6 heteroatoms. The highest BCUT2D eigenvalue weighted by Crippen LogP contribution is 2.24. The molecule has 2 saturated heterocycles. The summed E-state index contributed by atoms with van der Waals surface area (Å²) in [7, 11) is 1.72. The lowest BCUT2D eigenvalue weighted by molar-refractivity contribution is -0.101. The smallest absolute Gasteiger partial charge is 0.255 e. The van der Waals surface area contributed by atoms with Crippen LogP contribution in [0.1, 0.15) is 22.3 Å². The van der Waals surface area contributed by atoms with E-state index in [1.54, 1.807) is 19.5 Å². The highest BCUT2D eigenvalue weighted by Gasteiger charge is 2.38. The van der Waals surface area contributed by atoms with E-state index in [1.165, 1.54) is 0 Å². The predicted molar refractivity (Wildman–Crippen MR) is 86.5 cm³/mol. The SMILES string of the molecule is COCCN1CCO[C@H]2CCN(C(=O)c3cnccc3C)C[C@@H]21. The molecular weight excluding hydrogens is 294 g/mol. The van der Waals surface area contributed by atoms with Gasteiger partial charge in [-0.2, -0.15) is 0 Å². The van der Waals surface area contributed by atoms with Gasteiger partial charge in [-0.1, -0.05) is 0 Å². The van der Waals surface area contributed by atoms with Gasteiger partial charge < -0.3 is 14.4 Å². The number of rotatable bonds is 4. The first-order valence-electron chi connectivity index (χ1n) is 8.25. The van der Waals surface area contributed by atoms with Crippen LogP contribution in [-0.4, -0.2) is 79.3 Å². The lowest BCUT2D eigenvalue weighted by Crippen LogP contribution is -2.61. The van der Waals surface area contributed by atoms with E-state index in [4.69, 9.17) is 9.47 Å². The second kappa shape index (κ2) is 7.38. The second-order valence-corrected chi connectivity index (χ2v) is 6.24. The number of amides is 1. The van der Waals surface area contributed by atoms with Gasteiger partial charge in [0.05, 0.1) is 30.9 Å². The molecule has 1 aromatic heterocycles. The van der Waals surface area contributed by atoms with Crippen LogP contribution < -0.4 is 0 Å². The Kier molecular flexibility index (Phi) is 5.25. The van der Waals surface area contributed by atoms with Crippen molar-refractivity contribution in [3.8, 4) is 0 Å². The van der Waals surface area contributed by atoms with Crippen LogP contribution in [0.2, 0.25) is 0 Å². The number of piperidine rings is 1. The molecule has 2 fully saturated rings. The molecule has 0 bridgehead atoms. The summed E-state index contributed by atoms with van der Waals surface area (Å²) in [5, 5.41) is 0. The molecule has 0 spiro atoms. The number of morpholine rings is 1. The number of aromatic nitrogens is 1. The van der Waals surface area contributed by atoms with Gasteiger partial charge >= 0.3 is 0 Å². The quantitative estimate of drug-likeness (QED) is 0.827. The minimum absolute atomic E-state index is 0.0753. The zero-order valence-electron chi connectivity index (χ0n) is 13.9. The van der Waals surface area contributed by atoms with E-state index in [0.29, 0.717) is 18.7 Å². The summed E-state index contributed by atoms with van der Waals surface area (Å²) >= 11 is 0. The van der Waals surface area contributed by atoms with E-state index in [1.807, 2.05) is 17.9 Å². The van der Waals surface area contributed by atoms with Crippen LogP contribution in [0.15, 0.2) is 18.5 Å². The van der Waals surface area contributed by atoms with Gasteiger partial charge in [0.1, 0.15) is 0 Å². The first-order valence-corrected chi connectivity index (χ1v) is 8.25. The maximum Gasteiger partial charge on any atom is 0.255 e. The molecule has 0 aromatic carbocycles. The van der Waals surface area contributed by atoms with Crippen molar-refractivity contribution in [1.29, 1.82) is 0 Å². The Hall–Kier alpha value is -1.50. The largest absolute Gasteiger partial charge is 0.383 e. The van der Waals surface area contributed by atoms with E-state index in [9.17, 15) is 4.79 Å². The number of hydrogen-bond acceptors (Lipinski definition) is 5. The van der Waals surface area contributed by atoms with Crippen molar-refractivity contribution in [2.75, 3.05) is 46.5 Å². The molecule has 6 nitrogen and oxygen atoms in total. The number of fused-ring (bicyclic) bond motifs is 1. The van der Waals surface area contributed by atoms with Gasteiger partial charge in [-0.25, -0.2) is 0 Å². The summed E-state index contributed by atoms with van der Waals surface area (Å²) in [6, 6.07) is 2.14. The second-order valence-electron chi connectivity index (χ2n) is 6.24. The zero-order valence-corrected chi connectivity index (χ0v) is 13.9. The van der Waals surface area contributed by atoms with E-state index < -0.39 is 0 Å². The van der Waals surface area contributed by atoms with Crippen molar-refractivity contribution in [2.24, 2.45) is 0 Å². The van der Waals surface area contributed by atoms with E-state index >= 15 is 0 Å². The molecule has 3 rings (SSSR count). The summed E-state index contributed by atoms with van der Waals surface area (Å²) in [6.45, 7) is 6.66. The Labute approximate surface area is 137 Å². The monoisotopic (exact) mass is 319 g/mol. The van der Waals surface area contributed by atoms with Gasteiger partial charge in [0.2, 0.25) is 0 Å². The number of methoxy groups -OCH3 is 1. The minimum atomic E-state index is 0.0753. The van der Waals surface area contributed by atoms with E-state index in [-0.39, 0.29) is 18.1 Å². The number of hydrogen-bond donors (Lipinski definition) is 0. The zero-order chi connectivity index (χ0) is 16.2. The fourth-order valence-electron chi connectivity index (χ4n) is 3.47. The van der Waals surface area contributed by atoms with Gasteiger partial charge in [0, 0.05) is 45.7 Å². The molecule has 126 valence electrons. The topological polar surface area (TPSA) is 54.9 Å². The molecule has 23 heavy (non-hydrogen) atoms. The number of ether oxygens (including phenoxy) is 2. The van der Waals surface area contributed by atoms with Crippen molar-refractivity contribution in [1.82, 2.24) is 14.8 Å². The van der Waals surface area contributed by atoms with Crippen molar-refractivity contribution in [2.45, 2.75) is 25.5 Å². The number of nitrogens with zero attached hydrogens (tertiary/aromatic N) is 3. The standard InChI is InChI=1S/C17H25N3O3/c1-13-3-5-18-11-14(13)17(21)20-6-4-16-15(12-20)19(7-9-22-2)8-10-23-16/h3,5,11,15-16H,4,6-10,12H2,1-2H3/t15-,16-/m0/s1. The van der Waals surface area contributed by atoms with Gasteiger partial charge in [0.15, 0.2) is 0 Å². The molecule has 3 heterocycles. The first kappa shape index (κ1) is 16.4. The third-order valence-electron chi connectivity index (χ3n) is 4.84. The van der Waals surface area contributed by atoms with Crippen molar-refractivity contribution in [3.63, 3.8) is 0 Å². The lowest BCUT2D eigenvalue weighted by Gasteiger charge is -2.47. The van der Waals surface area contributed by atoms with Gasteiger partial charge in [-0.3, -0.25) is 14.7 Å². The van der Waals surface area contributed by atoms with Crippen LogP contribution in [0.25, 0.3) is 0 Å². The van der Waals surface area contributed by atoms with Gasteiger partial charge in [-0.05, 0) is 25.0 Å². The van der Waals surface area contributed by atoms with Crippen LogP contribution in [0, 0.1) is 6.92 Å². The average molecular weight is 319 g/mol. The fraction of sp³-hybridized carbons (Fsp3) is 0.647. The van der Waals surface area contributed by atoms with Gasteiger partial charge in [0.25, 0.3) is 5.91 Å². The third kappa shape index (κ3) is 3.54. The van der Waals surface area contributed by atoms with Gasteiger partial charge in [-0.15, -0.1) is 0 Å². The van der Waals surface area contributed by atoms with Crippen LogP contribution in [0.3, 0.4) is 0 Å². The van der Waals surface area contributed by atoms with Crippen LogP contribution in [0.4, 0.5) is 0 Å². The lowest BCUT2D eigenvalue weighted by atomic mass is 9.97. The Bertz CT molecular complexity index is 552. The average Bonchev–Trinajstić information content (AvgIpc) is 2.59. The molecule has 2 aliphatic heterocycles. The van der Waals surface area contributed by atoms with Crippen LogP contribution >= 0.6 is 0 Å². The Morgan fingerprint density at radius 3 is 3.13 bits per heavy atom. The summed E-state index contributed by atoms with van der Waals surface area (Å²) in [5.74, 6) is 0.0753. The molecule has 1 aromatic rings. The predicted octanol–water partition coefficient (Wildman–Crippen LogP) is 0.952. The highest BCUT2D eigenvalue weighted by atomic mass is 16.5. The molecule has 1 amide bonds. The first-order chi connectivity index (χ1) is 11.2. The molecule has 2 atom stereocenters.